The number of rotatable bonds is 4. The molecule has 1 nitrogen and oxygen atoms in total. The molecule has 2 fully saturated rings. The first-order chi connectivity index (χ1) is 5.87. The highest BCUT2D eigenvalue weighted by Crippen LogP contribution is 2.62. The van der Waals surface area contributed by atoms with Crippen molar-refractivity contribution in [1.82, 2.24) is 5.32 Å². The van der Waals surface area contributed by atoms with Crippen LogP contribution in [-0.2, 0) is 0 Å². The smallest absolute Gasteiger partial charge is 0.00150 e. The molecule has 1 N–H and O–H groups in total. The van der Waals surface area contributed by atoms with Gasteiger partial charge in [0.05, 0.1) is 0 Å². The fourth-order valence-corrected chi connectivity index (χ4v) is 2.87. The maximum atomic E-state index is 3.55. The molecule has 0 heterocycles. The Morgan fingerprint density at radius 2 is 2.08 bits per heavy atom. The molecule has 2 rings (SSSR count). The molecule has 2 aliphatic carbocycles. The largest absolute Gasteiger partial charge is 0.316 e. The SMILES string of the molecule is CCCNCC1CC12CCCC2. The van der Waals surface area contributed by atoms with Gasteiger partial charge < -0.3 is 5.32 Å². The minimum atomic E-state index is 0.848. The van der Waals surface area contributed by atoms with Crippen LogP contribution in [0.1, 0.15) is 45.4 Å². The molecule has 70 valence electrons. The number of nitrogens with one attached hydrogen (secondary N) is 1. The van der Waals surface area contributed by atoms with Crippen LogP contribution in [0, 0.1) is 11.3 Å². The lowest BCUT2D eigenvalue weighted by Gasteiger charge is -2.08. The van der Waals surface area contributed by atoms with Gasteiger partial charge >= 0.3 is 0 Å². The van der Waals surface area contributed by atoms with Crippen LogP contribution in [0.25, 0.3) is 0 Å². The molecule has 1 heteroatoms. The Labute approximate surface area is 75.9 Å². The Bertz CT molecular complexity index is 147. The van der Waals surface area contributed by atoms with Gasteiger partial charge in [-0.1, -0.05) is 19.8 Å². The maximum Gasteiger partial charge on any atom is -0.00150 e. The van der Waals surface area contributed by atoms with E-state index in [1.165, 1.54) is 51.6 Å². The highest BCUT2D eigenvalue weighted by molar-refractivity contribution is 5.05. The molecule has 1 atom stereocenters. The highest BCUT2D eigenvalue weighted by atomic mass is 14.9. The van der Waals surface area contributed by atoms with Crippen molar-refractivity contribution < 1.29 is 0 Å². The third-order valence-corrected chi connectivity index (χ3v) is 3.78. The van der Waals surface area contributed by atoms with Crippen LogP contribution in [0.4, 0.5) is 0 Å². The van der Waals surface area contributed by atoms with E-state index in [9.17, 15) is 0 Å². The summed E-state index contributed by atoms with van der Waals surface area (Å²) in [6.07, 6.45) is 8.88. The van der Waals surface area contributed by atoms with Crippen LogP contribution < -0.4 is 5.32 Å². The van der Waals surface area contributed by atoms with E-state index in [2.05, 4.69) is 12.2 Å². The maximum absolute atomic E-state index is 3.55. The normalized spacial score (nSPS) is 31.2. The average molecular weight is 167 g/mol. The summed E-state index contributed by atoms with van der Waals surface area (Å²) in [4.78, 5) is 0. The monoisotopic (exact) mass is 167 g/mol. The first-order valence-corrected chi connectivity index (χ1v) is 5.58. The third kappa shape index (κ3) is 1.52. The van der Waals surface area contributed by atoms with E-state index in [-0.39, 0.29) is 0 Å². The van der Waals surface area contributed by atoms with Crippen LogP contribution in [0.15, 0.2) is 0 Å². The molecule has 0 amide bonds. The first kappa shape index (κ1) is 8.55. The lowest BCUT2D eigenvalue weighted by molar-refractivity contribution is 0.452. The van der Waals surface area contributed by atoms with Gasteiger partial charge in [-0.25, -0.2) is 0 Å². The Hall–Kier alpha value is -0.0400. The summed E-state index contributed by atoms with van der Waals surface area (Å²) >= 11 is 0. The Kier molecular flexibility index (Phi) is 2.40. The summed E-state index contributed by atoms with van der Waals surface area (Å²) < 4.78 is 0. The molecule has 2 aliphatic rings. The molecule has 0 aromatic rings. The van der Waals surface area contributed by atoms with Crippen LogP contribution >= 0.6 is 0 Å². The molecule has 0 aliphatic heterocycles. The fourth-order valence-electron chi connectivity index (χ4n) is 2.87. The topological polar surface area (TPSA) is 12.0 Å². The average Bonchev–Trinajstić information content (AvgIpc) is 2.53. The van der Waals surface area contributed by atoms with Gasteiger partial charge in [-0.3, -0.25) is 0 Å². The first-order valence-electron chi connectivity index (χ1n) is 5.58. The zero-order valence-corrected chi connectivity index (χ0v) is 8.23. The molecule has 1 spiro atoms. The van der Waals surface area contributed by atoms with Gasteiger partial charge in [-0.05, 0) is 50.1 Å². The number of hydrogen-bond acceptors (Lipinski definition) is 1. The van der Waals surface area contributed by atoms with Crippen LogP contribution in [-0.4, -0.2) is 13.1 Å². The second kappa shape index (κ2) is 3.37. The van der Waals surface area contributed by atoms with Crippen molar-refractivity contribution in [3.05, 3.63) is 0 Å². The fraction of sp³-hybridized carbons (Fsp3) is 1.00. The Morgan fingerprint density at radius 3 is 2.75 bits per heavy atom. The summed E-state index contributed by atoms with van der Waals surface area (Å²) in [6.45, 7) is 4.76. The van der Waals surface area contributed by atoms with Gasteiger partial charge in [-0.15, -0.1) is 0 Å². The van der Waals surface area contributed by atoms with Gasteiger partial charge in [0, 0.05) is 0 Å². The highest BCUT2D eigenvalue weighted by Gasteiger charge is 2.54. The third-order valence-electron chi connectivity index (χ3n) is 3.78. The number of hydrogen-bond donors (Lipinski definition) is 1. The van der Waals surface area contributed by atoms with Crippen molar-refractivity contribution in [3.63, 3.8) is 0 Å². The van der Waals surface area contributed by atoms with E-state index >= 15 is 0 Å². The molecule has 0 aromatic carbocycles. The molecular weight excluding hydrogens is 146 g/mol. The van der Waals surface area contributed by atoms with E-state index in [0.29, 0.717) is 0 Å². The zero-order valence-electron chi connectivity index (χ0n) is 8.23. The quantitative estimate of drug-likeness (QED) is 0.635. The standard InChI is InChI=1S/C11H21N/c1-2-7-12-9-10-8-11(10)5-3-4-6-11/h10,12H,2-9H2,1H3. The van der Waals surface area contributed by atoms with Crippen molar-refractivity contribution in [2.75, 3.05) is 13.1 Å². The summed E-state index contributed by atoms with van der Waals surface area (Å²) in [5, 5.41) is 3.55. The molecule has 0 saturated heterocycles. The molecule has 0 radical (unpaired) electrons. The molecule has 2 saturated carbocycles. The van der Waals surface area contributed by atoms with Crippen molar-refractivity contribution in [3.8, 4) is 0 Å². The van der Waals surface area contributed by atoms with Gasteiger partial charge in [0.1, 0.15) is 0 Å². The molecule has 1 unspecified atom stereocenters. The van der Waals surface area contributed by atoms with E-state index in [1.807, 2.05) is 0 Å². The second-order valence-electron chi connectivity index (χ2n) is 4.67. The molecular formula is C11H21N. The van der Waals surface area contributed by atoms with E-state index < -0.39 is 0 Å². The lowest BCUT2D eigenvalue weighted by atomic mass is 10.0. The molecule has 0 bridgehead atoms. The van der Waals surface area contributed by atoms with Gasteiger partial charge in [0.2, 0.25) is 0 Å². The van der Waals surface area contributed by atoms with Gasteiger partial charge in [0.25, 0.3) is 0 Å². The lowest BCUT2D eigenvalue weighted by Crippen LogP contribution is -2.19. The molecule has 0 aromatic heterocycles. The second-order valence-corrected chi connectivity index (χ2v) is 4.67. The van der Waals surface area contributed by atoms with E-state index in [1.54, 1.807) is 0 Å². The minimum absolute atomic E-state index is 0.848. The van der Waals surface area contributed by atoms with Crippen LogP contribution in [0.3, 0.4) is 0 Å². The van der Waals surface area contributed by atoms with Crippen molar-refractivity contribution >= 4 is 0 Å². The predicted molar refractivity (Wildman–Crippen MR) is 52.2 cm³/mol. The van der Waals surface area contributed by atoms with Gasteiger partial charge in [-0.2, -0.15) is 0 Å². The van der Waals surface area contributed by atoms with Crippen LogP contribution in [0.5, 0.6) is 0 Å². The van der Waals surface area contributed by atoms with E-state index in [0.717, 1.165) is 11.3 Å². The van der Waals surface area contributed by atoms with Gasteiger partial charge in [0.15, 0.2) is 0 Å². The van der Waals surface area contributed by atoms with Crippen LogP contribution in [0.2, 0.25) is 0 Å². The van der Waals surface area contributed by atoms with Crippen molar-refractivity contribution in [2.24, 2.45) is 11.3 Å². The Morgan fingerprint density at radius 1 is 1.33 bits per heavy atom. The molecule has 12 heavy (non-hydrogen) atoms. The van der Waals surface area contributed by atoms with Crippen molar-refractivity contribution in [2.45, 2.75) is 45.4 Å². The summed E-state index contributed by atoms with van der Waals surface area (Å²) in [6, 6.07) is 0. The minimum Gasteiger partial charge on any atom is -0.316 e. The summed E-state index contributed by atoms with van der Waals surface area (Å²) in [7, 11) is 0. The van der Waals surface area contributed by atoms with Crippen molar-refractivity contribution in [1.29, 1.82) is 0 Å². The van der Waals surface area contributed by atoms with E-state index in [4.69, 9.17) is 0 Å². The summed E-state index contributed by atoms with van der Waals surface area (Å²) in [5.74, 6) is 1.05. The zero-order chi connectivity index (χ0) is 8.44. The summed E-state index contributed by atoms with van der Waals surface area (Å²) in [5.41, 5.74) is 0.848. The Balaban J connectivity index is 1.66. The predicted octanol–water partition coefficient (Wildman–Crippen LogP) is 2.57.